The van der Waals surface area contributed by atoms with E-state index in [0.717, 1.165) is 10.8 Å². The molecule has 0 spiro atoms. The average Bonchev–Trinajstić information content (AvgIpc) is 3.03. The highest BCUT2D eigenvalue weighted by Gasteiger charge is 2.43. The first-order valence-corrected chi connectivity index (χ1v) is 7.58. The van der Waals surface area contributed by atoms with Crippen LogP contribution in [0.2, 0.25) is 0 Å². The van der Waals surface area contributed by atoms with Gasteiger partial charge in [0, 0.05) is 0 Å². The Morgan fingerprint density at radius 2 is 2.05 bits per heavy atom. The number of aliphatic hydroxyl groups excluding tert-OH is 3. The number of rotatable bonds is 4. The molecule has 22 heavy (non-hydrogen) atoms. The maximum absolute atomic E-state index is 10.1. The van der Waals surface area contributed by atoms with Gasteiger partial charge in [-0.2, -0.15) is 0 Å². The fraction of sp³-hybridized carbons (Fsp3) is 0.583. The van der Waals surface area contributed by atoms with E-state index in [1.165, 1.54) is 12.7 Å². The number of aromatic nitrogens is 4. The van der Waals surface area contributed by atoms with Crippen LogP contribution in [0, 0.1) is 0 Å². The monoisotopic (exact) mass is 330 g/mol. The van der Waals surface area contributed by atoms with Gasteiger partial charge in [0.2, 0.25) is 0 Å². The Hall–Kier alpha value is -1.30. The van der Waals surface area contributed by atoms with Gasteiger partial charge in [-0.05, 0) is 5.75 Å². The van der Waals surface area contributed by atoms with E-state index in [1.54, 1.807) is 16.3 Å². The van der Waals surface area contributed by atoms with Gasteiger partial charge in [-0.25, -0.2) is 15.0 Å². The van der Waals surface area contributed by atoms with Crippen molar-refractivity contribution >= 4 is 22.9 Å². The van der Waals surface area contributed by atoms with Gasteiger partial charge >= 0.3 is 0 Å². The third kappa shape index (κ3) is 2.69. The Kier molecular flexibility index (Phi) is 5.32. The lowest BCUT2D eigenvalue weighted by molar-refractivity contribution is -0.0511. The molecule has 3 heterocycles. The lowest BCUT2D eigenvalue weighted by atomic mass is 10.1. The summed E-state index contributed by atoms with van der Waals surface area (Å²) in [4.78, 5) is 12.6. The van der Waals surface area contributed by atoms with Crippen LogP contribution >= 0.6 is 11.8 Å². The minimum atomic E-state index is -1.16. The third-order valence-corrected chi connectivity index (χ3v) is 4.26. The highest BCUT2D eigenvalue weighted by molar-refractivity contribution is 7.99. The smallest absolute Gasteiger partial charge is 0.166 e. The standard InChI is InChI=1S/C12H16N4O4S.H2O/c1-2-21-11-7-10(13-4-14-11)16(5-15-7)12-9(19)8(18)6(3-17)20-12;/h4-6,8-9,12,17-19H,2-3H2,1H3;1H2/t6-,8-,9-,12-;/m1./s1. The fourth-order valence-electron chi connectivity index (χ4n) is 2.37. The summed E-state index contributed by atoms with van der Waals surface area (Å²) in [6.45, 7) is 1.65. The van der Waals surface area contributed by atoms with Crippen LogP contribution in [-0.2, 0) is 4.74 Å². The van der Waals surface area contributed by atoms with Crippen molar-refractivity contribution in [1.29, 1.82) is 0 Å². The molecular formula is C12H18N4O5S. The zero-order chi connectivity index (χ0) is 15.0. The lowest BCUT2D eigenvalue weighted by Gasteiger charge is -2.16. The van der Waals surface area contributed by atoms with Crippen molar-refractivity contribution in [1.82, 2.24) is 19.5 Å². The Morgan fingerprint density at radius 1 is 1.27 bits per heavy atom. The molecule has 0 radical (unpaired) electrons. The number of aliphatic hydroxyl groups is 3. The summed E-state index contributed by atoms with van der Waals surface area (Å²) in [7, 11) is 0. The molecule has 0 saturated carbocycles. The summed E-state index contributed by atoms with van der Waals surface area (Å²) in [6.07, 6.45) is -1.04. The number of fused-ring (bicyclic) bond motifs is 1. The second kappa shape index (κ2) is 6.86. The molecule has 0 aliphatic carbocycles. The first-order valence-electron chi connectivity index (χ1n) is 6.60. The van der Waals surface area contributed by atoms with Gasteiger partial charge in [0.15, 0.2) is 11.9 Å². The highest BCUT2D eigenvalue weighted by Crippen LogP contribution is 2.32. The molecule has 0 unspecified atom stereocenters. The molecule has 1 saturated heterocycles. The van der Waals surface area contributed by atoms with Gasteiger partial charge < -0.3 is 25.5 Å². The maximum Gasteiger partial charge on any atom is 0.166 e. The van der Waals surface area contributed by atoms with Crippen molar-refractivity contribution in [2.75, 3.05) is 12.4 Å². The van der Waals surface area contributed by atoms with Crippen molar-refractivity contribution in [2.45, 2.75) is 36.5 Å². The van der Waals surface area contributed by atoms with Crippen molar-refractivity contribution in [3.8, 4) is 0 Å². The van der Waals surface area contributed by atoms with Crippen molar-refractivity contribution in [3.63, 3.8) is 0 Å². The average molecular weight is 330 g/mol. The van der Waals surface area contributed by atoms with E-state index in [0.29, 0.717) is 11.2 Å². The number of nitrogens with zero attached hydrogens (tertiary/aromatic N) is 4. The molecule has 1 aliphatic rings. The van der Waals surface area contributed by atoms with E-state index >= 15 is 0 Å². The predicted octanol–water partition coefficient (Wildman–Crippen LogP) is -1.27. The van der Waals surface area contributed by atoms with Crippen molar-refractivity contribution < 1.29 is 25.5 Å². The van der Waals surface area contributed by atoms with Gasteiger partial charge in [0.05, 0.1) is 12.9 Å². The molecule has 5 N–H and O–H groups in total. The second-order valence-electron chi connectivity index (χ2n) is 4.66. The molecule has 3 rings (SSSR count). The summed E-state index contributed by atoms with van der Waals surface area (Å²) < 4.78 is 7.05. The first kappa shape index (κ1) is 17.1. The summed E-state index contributed by atoms with van der Waals surface area (Å²) >= 11 is 1.55. The SMILES string of the molecule is CCSc1ncnc2c1ncn2[C@@H]1O[C@H](CO)[C@@H](O)[C@H]1O.O. The van der Waals surface area contributed by atoms with Crippen molar-refractivity contribution in [3.05, 3.63) is 12.7 Å². The fourth-order valence-corrected chi connectivity index (χ4v) is 3.04. The number of ether oxygens (including phenoxy) is 1. The lowest BCUT2D eigenvalue weighted by Crippen LogP contribution is -2.33. The Balaban J connectivity index is 0.00000176. The summed E-state index contributed by atoms with van der Waals surface area (Å²) in [5.74, 6) is 0.854. The normalized spacial score (nSPS) is 28.0. The third-order valence-electron chi connectivity index (χ3n) is 3.40. The molecule has 9 nitrogen and oxygen atoms in total. The molecule has 0 aromatic carbocycles. The van der Waals surface area contributed by atoms with Crippen LogP contribution in [0.25, 0.3) is 11.2 Å². The van der Waals surface area contributed by atoms with E-state index in [9.17, 15) is 10.2 Å². The molecule has 10 heteroatoms. The minimum absolute atomic E-state index is 0. The summed E-state index contributed by atoms with van der Waals surface area (Å²) in [6, 6.07) is 0. The highest BCUT2D eigenvalue weighted by atomic mass is 32.2. The molecule has 4 atom stereocenters. The summed E-state index contributed by atoms with van der Waals surface area (Å²) in [5.41, 5.74) is 1.15. The van der Waals surface area contributed by atoms with Crippen LogP contribution in [0.3, 0.4) is 0 Å². The number of hydrogen-bond acceptors (Lipinski definition) is 8. The van der Waals surface area contributed by atoms with Crippen LogP contribution in [0.4, 0.5) is 0 Å². The topological polar surface area (TPSA) is 145 Å². The Labute approximate surface area is 130 Å². The van der Waals surface area contributed by atoms with Gasteiger partial charge in [-0.3, -0.25) is 4.57 Å². The number of thioether (sulfide) groups is 1. The van der Waals surface area contributed by atoms with Crippen LogP contribution in [-0.4, -0.2) is 71.0 Å². The zero-order valence-corrected chi connectivity index (χ0v) is 12.6. The van der Waals surface area contributed by atoms with Crippen LogP contribution < -0.4 is 0 Å². The van der Waals surface area contributed by atoms with Crippen LogP contribution in [0.5, 0.6) is 0 Å². The molecule has 122 valence electrons. The van der Waals surface area contributed by atoms with E-state index in [1.807, 2.05) is 6.92 Å². The molecule has 1 aliphatic heterocycles. The van der Waals surface area contributed by atoms with Crippen LogP contribution in [0.15, 0.2) is 17.7 Å². The van der Waals surface area contributed by atoms with Crippen LogP contribution in [0.1, 0.15) is 13.2 Å². The summed E-state index contributed by atoms with van der Waals surface area (Å²) in [5, 5.41) is 29.8. The second-order valence-corrected chi connectivity index (χ2v) is 5.92. The van der Waals surface area contributed by atoms with Gasteiger partial charge in [0.25, 0.3) is 0 Å². The van der Waals surface area contributed by atoms with E-state index in [-0.39, 0.29) is 12.1 Å². The zero-order valence-electron chi connectivity index (χ0n) is 11.8. The molecule has 0 amide bonds. The maximum atomic E-state index is 10.1. The van der Waals surface area contributed by atoms with E-state index < -0.39 is 24.5 Å². The van der Waals surface area contributed by atoms with E-state index in [4.69, 9.17) is 9.84 Å². The number of hydrogen-bond donors (Lipinski definition) is 3. The Morgan fingerprint density at radius 3 is 2.68 bits per heavy atom. The quantitative estimate of drug-likeness (QED) is 0.464. The van der Waals surface area contributed by atoms with Gasteiger partial charge in [-0.15, -0.1) is 11.8 Å². The molecule has 2 aromatic rings. The molecule has 2 aromatic heterocycles. The number of imidazole rings is 1. The molecular weight excluding hydrogens is 312 g/mol. The van der Waals surface area contributed by atoms with E-state index in [2.05, 4.69) is 15.0 Å². The van der Waals surface area contributed by atoms with Gasteiger partial charge in [0.1, 0.15) is 35.2 Å². The van der Waals surface area contributed by atoms with Gasteiger partial charge in [-0.1, -0.05) is 6.92 Å². The first-order chi connectivity index (χ1) is 10.2. The van der Waals surface area contributed by atoms with Crippen molar-refractivity contribution in [2.24, 2.45) is 0 Å². The Bertz CT molecular complexity index is 639. The predicted molar refractivity (Wildman–Crippen MR) is 78.3 cm³/mol. The largest absolute Gasteiger partial charge is 0.412 e. The minimum Gasteiger partial charge on any atom is -0.412 e. The molecule has 1 fully saturated rings. The molecule has 0 bridgehead atoms.